The lowest BCUT2D eigenvalue weighted by Gasteiger charge is -2.30. The van der Waals surface area contributed by atoms with E-state index in [1.54, 1.807) is 0 Å². The van der Waals surface area contributed by atoms with Crippen molar-refractivity contribution in [3.63, 3.8) is 0 Å². The summed E-state index contributed by atoms with van der Waals surface area (Å²) >= 11 is 0. The fourth-order valence-electron chi connectivity index (χ4n) is 2.74. The van der Waals surface area contributed by atoms with Crippen LogP contribution in [0, 0.1) is 5.92 Å². The van der Waals surface area contributed by atoms with Crippen molar-refractivity contribution < 1.29 is 9.53 Å². The summed E-state index contributed by atoms with van der Waals surface area (Å²) in [6.07, 6.45) is 3.23. The zero-order chi connectivity index (χ0) is 14.9. The summed E-state index contributed by atoms with van der Waals surface area (Å²) in [5.74, 6) is 0.738. The smallest absolute Gasteiger partial charge is 0.407 e. The van der Waals surface area contributed by atoms with Crippen molar-refractivity contribution in [3.8, 4) is 0 Å². The van der Waals surface area contributed by atoms with Crippen LogP contribution in [0.15, 0.2) is 30.3 Å². The lowest BCUT2D eigenvalue weighted by atomic mass is 9.93. The Morgan fingerprint density at radius 1 is 1.29 bits per heavy atom. The molecule has 1 heterocycles. The quantitative estimate of drug-likeness (QED) is 0.875. The number of ether oxygens (including phenoxy) is 1. The maximum atomic E-state index is 11.6. The van der Waals surface area contributed by atoms with Gasteiger partial charge in [0, 0.05) is 6.54 Å². The highest BCUT2D eigenvalue weighted by molar-refractivity contribution is 5.67. The van der Waals surface area contributed by atoms with Gasteiger partial charge in [-0.3, -0.25) is 0 Å². The molecule has 0 bridgehead atoms. The molecule has 0 unspecified atom stereocenters. The summed E-state index contributed by atoms with van der Waals surface area (Å²) in [6, 6.07) is 9.75. The highest BCUT2D eigenvalue weighted by Gasteiger charge is 2.17. The third kappa shape index (κ3) is 5.76. The maximum absolute atomic E-state index is 11.6. The molecule has 1 aliphatic heterocycles. The molecule has 21 heavy (non-hydrogen) atoms. The van der Waals surface area contributed by atoms with E-state index in [0.29, 0.717) is 13.2 Å². The second kappa shape index (κ2) is 8.67. The summed E-state index contributed by atoms with van der Waals surface area (Å²) in [4.78, 5) is 14.1. The van der Waals surface area contributed by atoms with Crippen molar-refractivity contribution in [3.05, 3.63) is 35.9 Å². The Hall–Kier alpha value is -1.55. The van der Waals surface area contributed by atoms with Crippen LogP contribution in [0.4, 0.5) is 4.79 Å². The molecule has 0 spiro atoms. The molecule has 0 aliphatic carbocycles. The minimum Gasteiger partial charge on any atom is -0.445 e. The zero-order valence-corrected chi connectivity index (χ0v) is 12.9. The number of amides is 1. The predicted molar refractivity (Wildman–Crippen MR) is 84.1 cm³/mol. The van der Waals surface area contributed by atoms with Gasteiger partial charge in [0.15, 0.2) is 0 Å². The van der Waals surface area contributed by atoms with Crippen molar-refractivity contribution >= 4 is 6.09 Å². The molecule has 2 rings (SSSR count). The van der Waals surface area contributed by atoms with Crippen LogP contribution in [0.3, 0.4) is 0 Å². The van der Waals surface area contributed by atoms with Crippen LogP contribution in [0.2, 0.25) is 0 Å². The molecule has 1 aromatic carbocycles. The SMILES string of the molecule is CCN1CCC(CCNC(=O)OCc2ccccc2)CC1. The number of nitrogens with one attached hydrogen (secondary N) is 1. The van der Waals surface area contributed by atoms with E-state index in [1.165, 1.54) is 25.9 Å². The van der Waals surface area contributed by atoms with Gasteiger partial charge in [0.25, 0.3) is 0 Å². The first-order chi connectivity index (χ1) is 10.3. The van der Waals surface area contributed by atoms with Crippen molar-refractivity contribution in [1.29, 1.82) is 0 Å². The summed E-state index contributed by atoms with van der Waals surface area (Å²) in [7, 11) is 0. The molecule has 0 atom stereocenters. The van der Waals surface area contributed by atoms with Gasteiger partial charge in [-0.25, -0.2) is 4.79 Å². The number of hydrogen-bond acceptors (Lipinski definition) is 3. The van der Waals surface area contributed by atoms with Crippen LogP contribution in [0.25, 0.3) is 0 Å². The van der Waals surface area contributed by atoms with Gasteiger partial charge in [0.05, 0.1) is 0 Å². The van der Waals surface area contributed by atoms with Crippen LogP contribution in [-0.2, 0) is 11.3 Å². The monoisotopic (exact) mass is 290 g/mol. The van der Waals surface area contributed by atoms with Crippen LogP contribution >= 0.6 is 0 Å². The predicted octanol–water partition coefficient (Wildman–Crippen LogP) is 3.03. The normalized spacial score (nSPS) is 16.6. The molecule has 0 aromatic heterocycles. The lowest BCUT2D eigenvalue weighted by Crippen LogP contribution is -2.35. The number of hydrogen-bond donors (Lipinski definition) is 1. The average molecular weight is 290 g/mol. The lowest BCUT2D eigenvalue weighted by molar-refractivity contribution is 0.137. The Bertz CT molecular complexity index is 414. The van der Waals surface area contributed by atoms with Gasteiger partial charge >= 0.3 is 6.09 Å². The first-order valence-corrected chi connectivity index (χ1v) is 7.95. The average Bonchev–Trinajstić information content (AvgIpc) is 2.54. The van der Waals surface area contributed by atoms with E-state index < -0.39 is 0 Å². The summed E-state index contributed by atoms with van der Waals surface area (Å²) < 4.78 is 5.19. The highest BCUT2D eigenvalue weighted by Crippen LogP contribution is 2.19. The molecule has 1 aromatic rings. The van der Waals surface area contributed by atoms with E-state index >= 15 is 0 Å². The van der Waals surface area contributed by atoms with Gasteiger partial charge in [-0.15, -0.1) is 0 Å². The van der Waals surface area contributed by atoms with E-state index in [9.17, 15) is 4.79 Å². The Balaban J connectivity index is 1.55. The molecule has 0 saturated carbocycles. The van der Waals surface area contributed by atoms with E-state index in [0.717, 1.165) is 24.4 Å². The first-order valence-electron chi connectivity index (χ1n) is 7.95. The number of benzene rings is 1. The first kappa shape index (κ1) is 15.8. The number of carbonyl (C=O) groups excluding carboxylic acids is 1. The van der Waals surface area contributed by atoms with Gasteiger partial charge in [0.1, 0.15) is 6.61 Å². The second-order valence-corrected chi connectivity index (χ2v) is 5.65. The second-order valence-electron chi connectivity index (χ2n) is 5.65. The Morgan fingerprint density at radius 2 is 2.00 bits per heavy atom. The summed E-state index contributed by atoms with van der Waals surface area (Å²) in [6.45, 7) is 6.80. The maximum Gasteiger partial charge on any atom is 0.407 e. The van der Waals surface area contributed by atoms with E-state index in [2.05, 4.69) is 17.1 Å². The van der Waals surface area contributed by atoms with Crippen molar-refractivity contribution in [2.75, 3.05) is 26.2 Å². The number of piperidine rings is 1. The number of carbonyl (C=O) groups is 1. The molecule has 0 radical (unpaired) electrons. The minimum atomic E-state index is -0.315. The number of alkyl carbamates (subject to hydrolysis) is 1. The Kier molecular flexibility index (Phi) is 6.54. The molecule has 1 amide bonds. The van der Waals surface area contributed by atoms with E-state index in [-0.39, 0.29) is 6.09 Å². The third-order valence-corrected chi connectivity index (χ3v) is 4.19. The topological polar surface area (TPSA) is 41.6 Å². The molecule has 4 heteroatoms. The zero-order valence-electron chi connectivity index (χ0n) is 12.9. The van der Waals surface area contributed by atoms with Crippen LogP contribution in [0.1, 0.15) is 31.7 Å². The largest absolute Gasteiger partial charge is 0.445 e. The van der Waals surface area contributed by atoms with Crippen molar-refractivity contribution in [1.82, 2.24) is 10.2 Å². The molecule has 1 N–H and O–H groups in total. The Labute approximate surface area is 127 Å². The third-order valence-electron chi connectivity index (χ3n) is 4.19. The molecule has 1 fully saturated rings. The van der Waals surface area contributed by atoms with E-state index in [4.69, 9.17) is 4.74 Å². The molecule has 4 nitrogen and oxygen atoms in total. The molecular weight excluding hydrogens is 264 g/mol. The molecule has 1 aliphatic rings. The van der Waals surface area contributed by atoms with Gasteiger partial charge < -0.3 is 15.0 Å². The van der Waals surface area contributed by atoms with Crippen LogP contribution < -0.4 is 5.32 Å². The van der Waals surface area contributed by atoms with Gasteiger partial charge in [-0.2, -0.15) is 0 Å². The Morgan fingerprint density at radius 3 is 2.67 bits per heavy atom. The fraction of sp³-hybridized carbons (Fsp3) is 0.588. The fourth-order valence-corrected chi connectivity index (χ4v) is 2.74. The molecule has 116 valence electrons. The van der Waals surface area contributed by atoms with Crippen LogP contribution in [0.5, 0.6) is 0 Å². The van der Waals surface area contributed by atoms with Crippen molar-refractivity contribution in [2.24, 2.45) is 5.92 Å². The van der Waals surface area contributed by atoms with Gasteiger partial charge in [-0.05, 0) is 50.4 Å². The molecular formula is C17H26N2O2. The highest BCUT2D eigenvalue weighted by atomic mass is 16.5. The summed E-state index contributed by atoms with van der Waals surface area (Å²) in [5.41, 5.74) is 1.01. The molecule has 1 saturated heterocycles. The van der Waals surface area contributed by atoms with Gasteiger partial charge in [0.2, 0.25) is 0 Å². The van der Waals surface area contributed by atoms with Crippen LogP contribution in [-0.4, -0.2) is 37.2 Å². The standard InChI is InChI=1S/C17H26N2O2/c1-2-19-12-9-15(10-13-19)8-11-18-17(20)21-14-16-6-4-3-5-7-16/h3-7,15H,2,8-14H2,1H3,(H,18,20). The number of likely N-dealkylation sites (tertiary alicyclic amines) is 1. The van der Waals surface area contributed by atoms with E-state index in [1.807, 2.05) is 30.3 Å². The number of rotatable bonds is 6. The number of nitrogens with zero attached hydrogens (tertiary/aromatic N) is 1. The van der Waals surface area contributed by atoms with Gasteiger partial charge in [-0.1, -0.05) is 37.3 Å². The van der Waals surface area contributed by atoms with Crippen molar-refractivity contribution in [2.45, 2.75) is 32.8 Å². The summed E-state index contributed by atoms with van der Waals surface area (Å²) in [5, 5.41) is 2.85. The minimum absolute atomic E-state index is 0.315.